The van der Waals surface area contributed by atoms with Crippen molar-refractivity contribution < 1.29 is 9.90 Å². The van der Waals surface area contributed by atoms with Crippen LogP contribution in [0, 0.1) is 0 Å². The Balaban J connectivity index is 2.21. The normalized spacial score (nSPS) is 11.6. The maximum atomic E-state index is 11.1. The fraction of sp³-hybridized carbons (Fsp3) is 0.0909. The lowest BCUT2D eigenvalue weighted by Crippen LogP contribution is -2.02. The number of aromatic amines is 1. The molecule has 0 aliphatic heterocycles. The van der Waals surface area contributed by atoms with Crippen LogP contribution in [-0.4, -0.2) is 21.0 Å². The van der Waals surface area contributed by atoms with Crippen LogP contribution in [0.15, 0.2) is 35.6 Å². The van der Waals surface area contributed by atoms with Crippen molar-refractivity contribution in [3.05, 3.63) is 46.2 Å². The van der Waals surface area contributed by atoms with Gasteiger partial charge in [-0.1, -0.05) is 6.07 Å². The molecule has 2 heterocycles. The highest BCUT2D eigenvalue weighted by atomic mass is 32.1. The number of nitrogens with zero attached hydrogens (tertiary/aromatic N) is 1. The summed E-state index contributed by atoms with van der Waals surface area (Å²) in [5.74, 6) is -0.900. The summed E-state index contributed by atoms with van der Waals surface area (Å²) in [4.78, 5) is 18.8. The minimum Gasteiger partial charge on any atom is -0.478 e. The molecule has 0 spiro atoms. The van der Waals surface area contributed by atoms with Gasteiger partial charge in [0.1, 0.15) is 0 Å². The number of carboxylic acids is 1. The van der Waals surface area contributed by atoms with Crippen LogP contribution in [0.5, 0.6) is 0 Å². The van der Waals surface area contributed by atoms with Gasteiger partial charge in [-0.25, -0.2) is 9.78 Å². The lowest BCUT2D eigenvalue weighted by Gasteiger charge is -1.99. The number of hydrogen-bond donors (Lipinski definition) is 2. The predicted molar refractivity (Wildman–Crippen MR) is 62.2 cm³/mol. The smallest absolute Gasteiger partial charge is 0.332 e. The monoisotopic (exact) mass is 234 g/mol. The third kappa shape index (κ3) is 2.58. The number of aromatic nitrogens is 2. The van der Waals surface area contributed by atoms with Crippen LogP contribution in [0.2, 0.25) is 0 Å². The highest BCUT2D eigenvalue weighted by Gasteiger charge is 2.09. The number of H-pyrrole nitrogens is 1. The summed E-state index contributed by atoms with van der Waals surface area (Å²) in [6.07, 6.45) is 5.16. The Morgan fingerprint density at radius 2 is 2.50 bits per heavy atom. The summed E-state index contributed by atoms with van der Waals surface area (Å²) in [7, 11) is 0. The molecule has 16 heavy (non-hydrogen) atoms. The highest BCUT2D eigenvalue weighted by Crippen LogP contribution is 2.16. The minimum atomic E-state index is -0.900. The molecule has 82 valence electrons. The molecule has 2 aromatic rings. The summed E-state index contributed by atoms with van der Waals surface area (Å²) in [6, 6.07) is 3.84. The van der Waals surface area contributed by atoms with Gasteiger partial charge in [-0.05, 0) is 17.5 Å². The van der Waals surface area contributed by atoms with Gasteiger partial charge in [0.05, 0.1) is 18.2 Å². The van der Waals surface area contributed by atoms with Gasteiger partial charge in [0.15, 0.2) is 0 Å². The van der Waals surface area contributed by atoms with E-state index in [0.717, 1.165) is 4.88 Å². The Labute approximate surface area is 96.3 Å². The summed E-state index contributed by atoms with van der Waals surface area (Å²) in [5.41, 5.74) is 1.06. The van der Waals surface area contributed by atoms with Gasteiger partial charge in [-0.15, -0.1) is 11.3 Å². The molecule has 4 nitrogen and oxygen atoms in total. The summed E-state index contributed by atoms with van der Waals surface area (Å²) in [5, 5.41) is 11.0. The van der Waals surface area contributed by atoms with Crippen molar-refractivity contribution >= 4 is 23.4 Å². The number of aliphatic carboxylic acids is 1. The van der Waals surface area contributed by atoms with Gasteiger partial charge in [-0.3, -0.25) is 0 Å². The van der Waals surface area contributed by atoms with Gasteiger partial charge in [0.25, 0.3) is 0 Å². The summed E-state index contributed by atoms with van der Waals surface area (Å²) >= 11 is 1.55. The molecule has 2 rings (SSSR count). The second-order valence-corrected chi connectivity index (χ2v) is 4.27. The second kappa shape index (κ2) is 4.76. The average molecular weight is 234 g/mol. The quantitative estimate of drug-likeness (QED) is 0.797. The second-order valence-electron chi connectivity index (χ2n) is 3.24. The van der Waals surface area contributed by atoms with E-state index in [0.29, 0.717) is 17.7 Å². The zero-order valence-corrected chi connectivity index (χ0v) is 9.20. The predicted octanol–water partition coefficient (Wildman–Crippen LogP) is 2.18. The molecule has 0 radical (unpaired) electrons. The first-order chi connectivity index (χ1) is 7.75. The Bertz CT molecular complexity index is 486. The number of thiophene rings is 1. The van der Waals surface area contributed by atoms with Crippen LogP contribution in [0.3, 0.4) is 0 Å². The largest absolute Gasteiger partial charge is 0.478 e. The Morgan fingerprint density at radius 3 is 3.06 bits per heavy atom. The van der Waals surface area contributed by atoms with Crippen LogP contribution < -0.4 is 0 Å². The Kier molecular flexibility index (Phi) is 3.16. The molecule has 5 heteroatoms. The number of rotatable bonds is 4. The molecular formula is C11H10N2O2S. The molecule has 0 amide bonds. The molecule has 0 aliphatic rings. The Morgan fingerprint density at radius 1 is 1.62 bits per heavy atom. The molecule has 0 saturated carbocycles. The van der Waals surface area contributed by atoms with Crippen molar-refractivity contribution in [1.82, 2.24) is 9.97 Å². The molecular weight excluding hydrogens is 224 g/mol. The van der Waals surface area contributed by atoms with Crippen molar-refractivity contribution in [2.75, 3.05) is 0 Å². The third-order valence-corrected chi connectivity index (χ3v) is 2.94. The molecule has 0 atom stereocenters. The van der Waals surface area contributed by atoms with E-state index in [9.17, 15) is 4.79 Å². The first-order valence-corrected chi connectivity index (χ1v) is 5.58. The first kappa shape index (κ1) is 10.6. The van der Waals surface area contributed by atoms with E-state index in [1.165, 1.54) is 6.33 Å². The third-order valence-electron chi connectivity index (χ3n) is 2.07. The van der Waals surface area contributed by atoms with Crippen molar-refractivity contribution in [1.29, 1.82) is 0 Å². The minimum absolute atomic E-state index is 0.353. The van der Waals surface area contributed by atoms with Crippen molar-refractivity contribution in [2.24, 2.45) is 0 Å². The molecule has 0 fully saturated rings. The van der Waals surface area contributed by atoms with Gasteiger partial charge >= 0.3 is 5.97 Å². The maximum Gasteiger partial charge on any atom is 0.332 e. The van der Waals surface area contributed by atoms with Gasteiger partial charge in [-0.2, -0.15) is 0 Å². The zero-order valence-electron chi connectivity index (χ0n) is 8.38. The highest BCUT2D eigenvalue weighted by molar-refractivity contribution is 7.09. The SMILES string of the molecule is O=C(O)/C(=C\c1cnc[nH]1)Cc1cccs1. The zero-order chi connectivity index (χ0) is 11.4. The summed E-state index contributed by atoms with van der Waals surface area (Å²) in [6.45, 7) is 0. The fourth-order valence-electron chi connectivity index (χ4n) is 1.32. The van der Waals surface area contributed by atoms with E-state index in [1.54, 1.807) is 23.6 Å². The van der Waals surface area contributed by atoms with Gasteiger partial charge < -0.3 is 10.1 Å². The number of carboxylic acid groups (broad SMARTS) is 1. The van der Waals surface area contributed by atoms with Crippen molar-refractivity contribution in [3.63, 3.8) is 0 Å². The van der Waals surface area contributed by atoms with Crippen LogP contribution in [-0.2, 0) is 11.2 Å². The molecule has 2 N–H and O–H groups in total. The lowest BCUT2D eigenvalue weighted by molar-refractivity contribution is -0.132. The van der Waals surface area contributed by atoms with Crippen molar-refractivity contribution in [2.45, 2.75) is 6.42 Å². The van der Waals surface area contributed by atoms with E-state index in [4.69, 9.17) is 5.11 Å². The molecule has 0 aliphatic carbocycles. The number of hydrogen-bond acceptors (Lipinski definition) is 3. The summed E-state index contributed by atoms with van der Waals surface area (Å²) < 4.78 is 0. The lowest BCUT2D eigenvalue weighted by atomic mass is 10.1. The average Bonchev–Trinajstić information content (AvgIpc) is 2.88. The van der Waals surface area contributed by atoms with E-state index in [1.807, 2.05) is 17.5 Å². The molecule has 0 saturated heterocycles. The van der Waals surface area contributed by atoms with Gasteiger partial charge in [0.2, 0.25) is 0 Å². The van der Waals surface area contributed by atoms with Crippen LogP contribution in [0.1, 0.15) is 10.6 Å². The first-order valence-electron chi connectivity index (χ1n) is 4.70. The van der Waals surface area contributed by atoms with Crippen LogP contribution >= 0.6 is 11.3 Å². The number of nitrogens with one attached hydrogen (secondary N) is 1. The van der Waals surface area contributed by atoms with Crippen LogP contribution in [0.25, 0.3) is 6.08 Å². The van der Waals surface area contributed by atoms with Gasteiger partial charge in [0, 0.05) is 16.9 Å². The number of imidazole rings is 1. The van der Waals surface area contributed by atoms with E-state index in [2.05, 4.69) is 9.97 Å². The van der Waals surface area contributed by atoms with Crippen molar-refractivity contribution in [3.8, 4) is 0 Å². The molecule has 0 aromatic carbocycles. The number of carbonyl (C=O) groups is 1. The molecule has 0 bridgehead atoms. The standard InChI is InChI=1S/C11H10N2O2S/c14-11(15)8(4-9-6-12-7-13-9)5-10-2-1-3-16-10/h1-4,6-7H,5H2,(H,12,13)(H,14,15)/b8-4-. The molecule has 0 unspecified atom stereocenters. The van der Waals surface area contributed by atoms with Crippen LogP contribution in [0.4, 0.5) is 0 Å². The molecule has 2 aromatic heterocycles. The topological polar surface area (TPSA) is 66.0 Å². The van der Waals surface area contributed by atoms with E-state index >= 15 is 0 Å². The van der Waals surface area contributed by atoms with E-state index in [-0.39, 0.29) is 0 Å². The maximum absolute atomic E-state index is 11.1. The van der Waals surface area contributed by atoms with E-state index < -0.39 is 5.97 Å². The Hall–Kier alpha value is -1.88. The fourth-order valence-corrected chi connectivity index (χ4v) is 2.05.